The molecule has 4 heterocycles. The van der Waals surface area contributed by atoms with Gasteiger partial charge >= 0.3 is 0 Å². The molecule has 0 bridgehead atoms. The fourth-order valence-electron chi connectivity index (χ4n) is 5.40. The lowest BCUT2D eigenvalue weighted by atomic mass is 9.75. The van der Waals surface area contributed by atoms with E-state index < -0.39 is 5.60 Å². The number of hydrogen-bond donors (Lipinski definition) is 1. The maximum atomic E-state index is 10.4. The van der Waals surface area contributed by atoms with Crippen LogP contribution in [-0.2, 0) is 10.2 Å². The topological polar surface area (TPSA) is 89.7 Å². The molecular weight excluding hydrogens is 452 g/mol. The first-order chi connectivity index (χ1) is 17.1. The summed E-state index contributed by atoms with van der Waals surface area (Å²) in [6.07, 6.45) is 5.45. The monoisotopic (exact) mass is 480 g/mol. The van der Waals surface area contributed by atoms with Gasteiger partial charge in [-0.3, -0.25) is 9.97 Å². The van der Waals surface area contributed by atoms with Crippen LogP contribution in [0, 0.1) is 20.8 Å². The highest BCUT2D eigenvalue weighted by Gasteiger charge is 2.61. The zero-order chi connectivity index (χ0) is 25.4. The van der Waals surface area contributed by atoms with Crippen molar-refractivity contribution in [2.75, 3.05) is 0 Å². The van der Waals surface area contributed by atoms with Crippen LogP contribution in [0.5, 0.6) is 17.4 Å². The van der Waals surface area contributed by atoms with Crippen LogP contribution in [-0.4, -0.2) is 31.6 Å². The standard InChI is InChI=1S/C29H28N4O3/c1-15-11-16(2)22(35-23-8-7-18-13-31-17(3)25(34)24(18)32-23)12-20(15)27-33-26-19-9-10-30-14-21(19)28(4,5)29(26,6)36-27/h7-14,26,34H,1-6H3/t26-,29-/m0/s1. The van der Waals surface area contributed by atoms with Crippen molar-refractivity contribution in [1.29, 1.82) is 0 Å². The van der Waals surface area contributed by atoms with E-state index in [1.54, 1.807) is 19.2 Å². The second-order valence-corrected chi connectivity index (χ2v) is 10.4. The van der Waals surface area contributed by atoms with Gasteiger partial charge in [-0.25, -0.2) is 9.98 Å². The molecule has 0 saturated heterocycles. The number of aryl methyl sites for hydroxylation is 3. The Balaban J connectivity index is 1.39. The fraction of sp³-hybridized carbons (Fsp3) is 0.310. The summed E-state index contributed by atoms with van der Waals surface area (Å²) < 4.78 is 12.9. The first-order valence-electron chi connectivity index (χ1n) is 12.1. The summed E-state index contributed by atoms with van der Waals surface area (Å²) in [6, 6.07) is 9.61. The Kier molecular flexibility index (Phi) is 4.68. The molecule has 0 saturated carbocycles. The maximum Gasteiger partial charge on any atom is 0.219 e. The maximum absolute atomic E-state index is 10.4. The Bertz CT molecular complexity index is 1590. The van der Waals surface area contributed by atoms with Gasteiger partial charge in [-0.1, -0.05) is 19.9 Å². The van der Waals surface area contributed by atoms with Crippen molar-refractivity contribution in [3.8, 4) is 17.4 Å². The molecule has 0 amide bonds. The Labute approximate surface area is 209 Å². The average molecular weight is 481 g/mol. The predicted octanol–water partition coefficient (Wildman–Crippen LogP) is 6.02. The summed E-state index contributed by atoms with van der Waals surface area (Å²) in [5, 5.41) is 11.2. The molecule has 1 aliphatic carbocycles. The van der Waals surface area contributed by atoms with Gasteiger partial charge in [0.15, 0.2) is 5.75 Å². The minimum Gasteiger partial charge on any atom is -0.504 e. The van der Waals surface area contributed by atoms with E-state index in [2.05, 4.69) is 54.8 Å². The summed E-state index contributed by atoms with van der Waals surface area (Å²) in [4.78, 5) is 18.2. The van der Waals surface area contributed by atoms with Crippen LogP contribution >= 0.6 is 0 Å². The van der Waals surface area contributed by atoms with Gasteiger partial charge in [0.2, 0.25) is 11.8 Å². The lowest BCUT2D eigenvalue weighted by molar-refractivity contribution is 0.0210. The summed E-state index contributed by atoms with van der Waals surface area (Å²) in [5.41, 5.74) is 5.47. The molecule has 1 aromatic carbocycles. The lowest BCUT2D eigenvalue weighted by Gasteiger charge is -2.37. The van der Waals surface area contributed by atoms with Crippen LogP contribution < -0.4 is 4.74 Å². The minimum atomic E-state index is -0.518. The van der Waals surface area contributed by atoms with Crippen LogP contribution in [0.3, 0.4) is 0 Å². The van der Waals surface area contributed by atoms with E-state index in [0.717, 1.165) is 22.1 Å². The van der Waals surface area contributed by atoms with Crippen LogP contribution in [0.15, 0.2) is 53.9 Å². The van der Waals surface area contributed by atoms with Gasteiger partial charge in [-0.2, -0.15) is 0 Å². The summed E-state index contributed by atoms with van der Waals surface area (Å²) in [5.74, 6) is 1.73. The van der Waals surface area contributed by atoms with Gasteiger partial charge in [-0.15, -0.1) is 0 Å². The molecule has 36 heavy (non-hydrogen) atoms. The third-order valence-electron chi connectivity index (χ3n) is 7.97. The van der Waals surface area contributed by atoms with Gasteiger partial charge in [0.05, 0.1) is 5.69 Å². The molecule has 0 fully saturated rings. The molecule has 4 aromatic rings. The molecule has 2 aliphatic rings. The van der Waals surface area contributed by atoms with Crippen LogP contribution in [0.4, 0.5) is 0 Å². The molecule has 1 aliphatic heterocycles. The van der Waals surface area contributed by atoms with Crippen molar-refractivity contribution < 1.29 is 14.6 Å². The predicted molar refractivity (Wildman–Crippen MR) is 138 cm³/mol. The molecule has 2 atom stereocenters. The number of nitrogens with zero attached hydrogens (tertiary/aromatic N) is 4. The van der Waals surface area contributed by atoms with Crippen molar-refractivity contribution >= 4 is 16.8 Å². The molecule has 6 rings (SSSR count). The van der Waals surface area contributed by atoms with Gasteiger partial charge in [-0.05, 0) is 68.1 Å². The van der Waals surface area contributed by atoms with Crippen LogP contribution in [0.2, 0.25) is 0 Å². The highest BCUT2D eigenvalue weighted by molar-refractivity contribution is 5.98. The number of aromatic nitrogens is 3. The number of ether oxygens (including phenoxy) is 2. The zero-order valence-corrected chi connectivity index (χ0v) is 21.2. The first kappa shape index (κ1) is 22.5. The van der Waals surface area contributed by atoms with E-state index in [1.807, 2.05) is 31.5 Å². The van der Waals surface area contributed by atoms with Crippen molar-refractivity contribution in [1.82, 2.24) is 15.0 Å². The second-order valence-electron chi connectivity index (χ2n) is 10.4. The third-order valence-corrected chi connectivity index (χ3v) is 7.97. The Morgan fingerprint density at radius 2 is 1.81 bits per heavy atom. The summed E-state index contributed by atoms with van der Waals surface area (Å²) in [6.45, 7) is 12.3. The van der Waals surface area contributed by atoms with Gasteiger partial charge < -0.3 is 14.6 Å². The van der Waals surface area contributed by atoms with Gasteiger partial charge in [0.25, 0.3) is 0 Å². The number of hydrogen-bond acceptors (Lipinski definition) is 7. The first-order valence-corrected chi connectivity index (χ1v) is 12.1. The SMILES string of the molecule is Cc1cc(C)c(C2=N[C@H]3c4ccncc4C(C)(C)[C@@]3(C)O2)cc1Oc1ccc2cnc(C)c(O)c2n1. The molecular formula is C29H28N4O3. The smallest absolute Gasteiger partial charge is 0.219 e. The summed E-state index contributed by atoms with van der Waals surface area (Å²) >= 11 is 0. The number of aliphatic imine (C=N–C) groups is 1. The molecule has 182 valence electrons. The molecule has 7 heteroatoms. The van der Waals surface area contributed by atoms with E-state index in [-0.39, 0.29) is 17.2 Å². The average Bonchev–Trinajstić information content (AvgIpc) is 3.28. The van der Waals surface area contributed by atoms with E-state index >= 15 is 0 Å². The summed E-state index contributed by atoms with van der Waals surface area (Å²) in [7, 11) is 0. The Hall–Kier alpha value is -4.00. The van der Waals surface area contributed by atoms with Crippen molar-refractivity contribution in [2.45, 2.75) is 58.6 Å². The van der Waals surface area contributed by atoms with Gasteiger partial charge in [0.1, 0.15) is 22.9 Å². The van der Waals surface area contributed by atoms with E-state index in [9.17, 15) is 5.11 Å². The molecule has 0 unspecified atom stereocenters. The number of rotatable bonds is 3. The minimum absolute atomic E-state index is 0.0610. The fourth-order valence-corrected chi connectivity index (χ4v) is 5.40. The second kappa shape index (κ2) is 7.50. The zero-order valence-electron chi connectivity index (χ0n) is 21.2. The Morgan fingerprint density at radius 1 is 1.00 bits per heavy atom. The normalized spacial score (nSPS) is 21.6. The molecule has 0 spiro atoms. The lowest BCUT2D eigenvalue weighted by Crippen LogP contribution is -2.44. The number of fused-ring (bicyclic) bond motifs is 4. The Morgan fingerprint density at radius 3 is 2.61 bits per heavy atom. The quantitative estimate of drug-likeness (QED) is 0.386. The number of aromatic hydroxyl groups is 1. The molecule has 1 N–H and O–H groups in total. The van der Waals surface area contributed by atoms with Crippen molar-refractivity contribution in [2.24, 2.45) is 4.99 Å². The molecule has 0 radical (unpaired) electrons. The largest absolute Gasteiger partial charge is 0.504 e. The van der Waals surface area contributed by atoms with Gasteiger partial charge in [0, 0.05) is 41.0 Å². The number of benzene rings is 1. The van der Waals surface area contributed by atoms with E-state index in [4.69, 9.17) is 14.5 Å². The van der Waals surface area contributed by atoms with Crippen LogP contribution in [0.1, 0.15) is 60.3 Å². The van der Waals surface area contributed by atoms with Crippen molar-refractivity contribution in [3.63, 3.8) is 0 Å². The number of pyridine rings is 3. The highest BCUT2D eigenvalue weighted by atomic mass is 16.5. The van der Waals surface area contributed by atoms with E-state index in [0.29, 0.717) is 28.7 Å². The third kappa shape index (κ3) is 3.05. The molecule has 3 aromatic heterocycles. The van der Waals surface area contributed by atoms with E-state index in [1.165, 1.54) is 11.1 Å². The highest BCUT2D eigenvalue weighted by Crippen LogP contribution is 2.58. The van der Waals surface area contributed by atoms with Crippen LogP contribution in [0.25, 0.3) is 10.9 Å². The molecule has 7 nitrogen and oxygen atoms in total. The van der Waals surface area contributed by atoms with Crippen molar-refractivity contribution in [3.05, 3.63) is 82.4 Å².